The molecule has 0 atom stereocenters. The van der Waals surface area contributed by atoms with Crippen LogP contribution in [0.25, 0.3) is 5.69 Å². The zero-order valence-electron chi connectivity index (χ0n) is 20.9. The van der Waals surface area contributed by atoms with Gasteiger partial charge in [0.2, 0.25) is 0 Å². The number of methoxy groups -OCH3 is 1. The Morgan fingerprint density at radius 2 is 1.75 bits per heavy atom. The van der Waals surface area contributed by atoms with Crippen molar-refractivity contribution in [3.8, 4) is 11.4 Å². The largest absolute Gasteiger partial charge is 0.494 e. The molecular weight excluding hydrogens is 396 g/mol. The Morgan fingerprint density at radius 3 is 2.38 bits per heavy atom. The molecule has 0 saturated carbocycles. The number of aromatic nitrogens is 3. The number of benzene rings is 1. The Hall–Kier alpha value is -2.66. The van der Waals surface area contributed by atoms with Crippen molar-refractivity contribution in [1.82, 2.24) is 19.9 Å². The minimum absolute atomic E-state index is 0.0293. The Labute approximate surface area is 193 Å². The SMILES string of the molecule is COc1c(-n2cnc(CCNCc3cccc(C)n3)c2)cc(C(C)(C)C)cc1C(C)(C)C. The molecule has 0 fully saturated rings. The Balaban J connectivity index is 1.81. The summed E-state index contributed by atoms with van der Waals surface area (Å²) >= 11 is 0. The first-order valence-electron chi connectivity index (χ1n) is 11.4. The summed E-state index contributed by atoms with van der Waals surface area (Å²) in [5.41, 5.74) is 6.72. The van der Waals surface area contributed by atoms with Gasteiger partial charge in [-0.3, -0.25) is 4.98 Å². The Kier molecular flexibility index (Phi) is 7.09. The highest BCUT2D eigenvalue weighted by molar-refractivity contribution is 5.57. The third-order valence-electron chi connectivity index (χ3n) is 5.67. The van der Waals surface area contributed by atoms with E-state index in [1.54, 1.807) is 7.11 Å². The molecule has 0 amide bonds. The van der Waals surface area contributed by atoms with Gasteiger partial charge >= 0.3 is 0 Å². The summed E-state index contributed by atoms with van der Waals surface area (Å²) in [7, 11) is 1.76. The molecule has 0 aliphatic heterocycles. The van der Waals surface area contributed by atoms with Gasteiger partial charge in [-0.2, -0.15) is 0 Å². The molecular formula is C27H38N4O. The van der Waals surface area contributed by atoms with Gasteiger partial charge in [0, 0.05) is 37.0 Å². The number of nitrogens with one attached hydrogen (secondary N) is 1. The molecule has 2 aromatic heterocycles. The second kappa shape index (κ2) is 9.45. The van der Waals surface area contributed by atoms with Gasteiger partial charge in [0.05, 0.1) is 30.5 Å². The molecule has 0 radical (unpaired) electrons. The smallest absolute Gasteiger partial charge is 0.146 e. The van der Waals surface area contributed by atoms with Crippen LogP contribution in [0.4, 0.5) is 0 Å². The highest BCUT2D eigenvalue weighted by Crippen LogP contribution is 2.40. The summed E-state index contributed by atoms with van der Waals surface area (Å²) in [4.78, 5) is 9.20. The number of hydrogen-bond donors (Lipinski definition) is 1. The fraction of sp³-hybridized carbons (Fsp3) is 0.481. The summed E-state index contributed by atoms with van der Waals surface area (Å²) in [6.45, 7) is 17.1. The van der Waals surface area contributed by atoms with E-state index < -0.39 is 0 Å². The highest BCUT2D eigenvalue weighted by Gasteiger charge is 2.26. The van der Waals surface area contributed by atoms with E-state index in [1.807, 2.05) is 25.4 Å². The van der Waals surface area contributed by atoms with Crippen LogP contribution in [0.1, 0.15) is 69.8 Å². The van der Waals surface area contributed by atoms with Gasteiger partial charge in [-0.1, -0.05) is 53.7 Å². The van der Waals surface area contributed by atoms with Gasteiger partial charge in [0.15, 0.2) is 0 Å². The second-order valence-corrected chi connectivity index (χ2v) is 10.5. The molecule has 0 spiro atoms. The Morgan fingerprint density at radius 1 is 1.00 bits per heavy atom. The molecule has 3 aromatic rings. The molecule has 5 heteroatoms. The lowest BCUT2D eigenvalue weighted by Crippen LogP contribution is -2.19. The van der Waals surface area contributed by atoms with Crippen LogP contribution in [-0.2, 0) is 23.8 Å². The fourth-order valence-electron chi connectivity index (χ4n) is 3.77. The summed E-state index contributed by atoms with van der Waals surface area (Å²) < 4.78 is 8.02. The van der Waals surface area contributed by atoms with E-state index in [2.05, 4.69) is 85.8 Å². The molecule has 2 heterocycles. The lowest BCUT2D eigenvalue weighted by Gasteiger charge is -2.29. The minimum atomic E-state index is -0.0293. The summed E-state index contributed by atoms with van der Waals surface area (Å²) in [6, 6.07) is 10.6. The molecule has 0 aliphatic rings. The number of rotatable bonds is 7. The topological polar surface area (TPSA) is 52.0 Å². The Bertz CT molecular complexity index is 1050. The summed E-state index contributed by atoms with van der Waals surface area (Å²) in [5, 5.41) is 3.47. The molecule has 0 saturated heterocycles. The first-order chi connectivity index (χ1) is 15.0. The van der Waals surface area contributed by atoms with Crippen molar-refractivity contribution < 1.29 is 4.74 Å². The van der Waals surface area contributed by atoms with E-state index in [0.717, 1.165) is 48.0 Å². The number of imidazole rings is 1. The van der Waals surface area contributed by atoms with Crippen LogP contribution in [-0.4, -0.2) is 28.2 Å². The molecule has 0 unspecified atom stereocenters. The average molecular weight is 435 g/mol. The lowest BCUT2D eigenvalue weighted by atomic mass is 9.79. The van der Waals surface area contributed by atoms with Crippen molar-refractivity contribution in [3.63, 3.8) is 0 Å². The quantitative estimate of drug-likeness (QED) is 0.498. The van der Waals surface area contributed by atoms with Gasteiger partial charge in [0.1, 0.15) is 5.75 Å². The van der Waals surface area contributed by atoms with E-state index in [-0.39, 0.29) is 10.8 Å². The zero-order valence-corrected chi connectivity index (χ0v) is 20.9. The van der Waals surface area contributed by atoms with Crippen LogP contribution >= 0.6 is 0 Å². The number of nitrogens with zero attached hydrogens (tertiary/aromatic N) is 3. The van der Waals surface area contributed by atoms with Gasteiger partial charge in [-0.25, -0.2) is 4.98 Å². The molecule has 3 rings (SSSR count). The van der Waals surface area contributed by atoms with Crippen LogP contribution in [0.5, 0.6) is 5.75 Å². The van der Waals surface area contributed by atoms with E-state index in [9.17, 15) is 0 Å². The zero-order chi connectivity index (χ0) is 23.5. The van der Waals surface area contributed by atoms with E-state index in [1.165, 1.54) is 11.1 Å². The van der Waals surface area contributed by atoms with E-state index in [0.29, 0.717) is 0 Å². The predicted molar refractivity (Wildman–Crippen MR) is 132 cm³/mol. The van der Waals surface area contributed by atoms with Crippen molar-refractivity contribution in [2.24, 2.45) is 0 Å². The van der Waals surface area contributed by atoms with Crippen LogP contribution in [0.2, 0.25) is 0 Å². The molecule has 0 bridgehead atoms. The highest BCUT2D eigenvalue weighted by atomic mass is 16.5. The third-order valence-corrected chi connectivity index (χ3v) is 5.67. The lowest BCUT2D eigenvalue weighted by molar-refractivity contribution is 0.394. The molecule has 1 aromatic carbocycles. The predicted octanol–water partition coefficient (Wildman–Crippen LogP) is 5.51. The van der Waals surface area contributed by atoms with Crippen molar-refractivity contribution >= 4 is 0 Å². The maximum Gasteiger partial charge on any atom is 0.146 e. The maximum absolute atomic E-state index is 5.92. The first kappa shape index (κ1) is 24.0. The third kappa shape index (κ3) is 5.77. The number of hydrogen-bond acceptors (Lipinski definition) is 4. The fourth-order valence-corrected chi connectivity index (χ4v) is 3.77. The number of ether oxygens (including phenoxy) is 1. The van der Waals surface area contributed by atoms with Crippen molar-refractivity contribution in [3.05, 3.63) is 71.1 Å². The van der Waals surface area contributed by atoms with Crippen LogP contribution in [0.3, 0.4) is 0 Å². The molecule has 5 nitrogen and oxygen atoms in total. The van der Waals surface area contributed by atoms with Crippen molar-refractivity contribution in [2.45, 2.75) is 72.3 Å². The summed E-state index contributed by atoms with van der Waals surface area (Å²) in [6.07, 6.45) is 4.86. The van der Waals surface area contributed by atoms with Gasteiger partial charge < -0.3 is 14.6 Å². The van der Waals surface area contributed by atoms with E-state index in [4.69, 9.17) is 4.74 Å². The summed E-state index contributed by atoms with van der Waals surface area (Å²) in [5.74, 6) is 0.915. The second-order valence-electron chi connectivity index (χ2n) is 10.5. The normalized spacial score (nSPS) is 12.2. The molecule has 1 N–H and O–H groups in total. The van der Waals surface area contributed by atoms with Gasteiger partial charge in [-0.15, -0.1) is 0 Å². The van der Waals surface area contributed by atoms with Crippen LogP contribution in [0.15, 0.2) is 42.9 Å². The average Bonchev–Trinajstić information content (AvgIpc) is 3.17. The number of pyridine rings is 1. The number of aryl methyl sites for hydroxylation is 1. The van der Waals surface area contributed by atoms with E-state index >= 15 is 0 Å². The van der Waals surface area contributed by atoms with Crippen molar-refractivity contribution in [1.29, 1.82) is 0 Å². The molecule has 32 heavy (non-hydrogen) atoms. The maximum atomic E-state index is 5.92. The molecule has 0 aliphatic carbocycles. The first-order valence-corrected chi connectivity index (χ1v) is 11.4. The standard InChI is InChI=1S/C27H38N4O/c1-19-10-9-11-21(30-19)16-28-13-12-22-17-31(18-29-22)24-15-20(26(2,3)4)14-23(25(24)32-8)27(5,6)7/h9-11,14-15,17-18,28H,12-13,16H2,1-8H3. The minimum Gasteiger partial charge on any atom is -0.494 e. The van der Waals surface area contributed by atoms with Gasteiger partial charge in [-0.05, 0) is 41.5 Å². The van der Waals surface area contributed by atoms with Crippen LogP contribution in [0, 0.1) is 6.92 Å². The van der Waals surface area contributed by atoms with Crippen LogP contribution < -0.4 is 10.1 Å². The molecule has 172 valence electrons. The van der Waals surface area contributed by atoms with Gasteiger partial charge in [0.25, 0.3) is 0 Å². The van der Waals surface area contributed by atoms with Crippen molar-refractivity contribution in [2.75, 3.05) is 13.7 Å². The monoisotopic (exact) mass is 434 g/mol.